The lowest BCUT2D eigenvalue weighted by atomic mass is 10.2. The maximum Gasteiger partial charge on any atom is 0.115 e. The Morgan fingerprint density at radius 1 is 1.21 bits per heavy atom. The highest BCUT2D eigenvalue weighted by Crippen LogP contribution is 2.07. The average molecular weight is 186 g/mol. The van der Waals surface area contributed by atoms with E-state index in [-0.39, 0.29) is 5.75 Å². The summed E-state index contributed by atoms with van der Waals surface area (Å²) in [5, 5.41) is 9.01. The molecule has 0 saturated carbocycles. The summed E-state index contributed by atoms with van der Waals surface area (Å²) in [7, 11) is 1.59. The Balaban J connectivity index is 2.61. The first-order valence-corrected chi connectivity index (χ1v) is 4.10. The van der Waals surface area contributed by atoms with Gasteiger partial charge >= 0.3 is 0 Å². The zero-order chi connectivity index (χ0) is 10.2. The van der Waals surface area contributed by atoms with Crippen molar-refractivity contribution in [1.82, 2.24) is 0 Å². The van der Waals surface area contributed by atoms with Crippen LogP contribution in [0.1, 0.15) is 5.56 Å². The Bertz CT molecular complexity index is 396. The first-order valence-electron chi connectivity index (χ1n) is 4.10. The van der Waals surface area contributed by atoms with Crippen LogP contribution in [0, 0.1) is 23.7 Å². The fraction of sp³-hybridized carbons (Fsp3) is 0.167. The molecule has 0 spiro atoms. The van der Waals surface area contributed by atoms with Crippen molar-refractivity contribution in [1.29, 1.82) is 0 Å². The van der Waals surface area contributed by atoms with E-state index in [2.05, 4.69) is 23.7 Å². The van der Waals surface area contributed by atoms with E-state index in [4.69, 9.17) is 9.84 Å². The zero-order valence-corrected chi connectivity index (χ0v) is 7.87. The van der Waals surface area contributed by atoms with Crippen LogP contribution < -0.4 is 0 Å². The lowest BCUT2D eigenvalue weighted by Crippen LogP contribution is -1.79. The van der Waals surface area contributed by atoms with Gasteiger partial charge in [-0.1, -0.05) is 11.8 Å². The smallest absolute Gasteiger partial charge is 0.115 e. The lowest BCUT2D eigenvalue weighted by molar-refractivity contribution is 0.240. The van der Waals surface area contributed by atoms with E-state index in [1.807, 2.05) is 0 Å². The summed E-state index contributed by atoms with van der Waals surface area (Å²) in [6.45, 7) is 0.393. The predicted octanol–water partition coefficient (Wildman–Crippen LogP) is 1.39. The van der Waals surface area contributed by atoms with E-state index >= 15 is 0 Å². The van der Waals surface area contributed by atoms with Crippen molar-refractivity contribution in [2.24, 2.45) is 0 Å². The van der Waals surface area contributed by atoms with Crippen LogP contribution in [0.2, 0.25) is 0 Å². The van der Waals surface area contributed by atoms with Crippen LogP contribution in [0.15, 0.2) is 24.3 Å². The molecule has 2 nitrogen and oxygen atoms in total. The summed E-state index contributed by atoms with van der Waals surface area (Å²) in [6, 6.07) is 6.65. The second-order valence-corrected chi connectivity index (χ2v) is 2.53. The molecule has 0 aliphatic rings. The minimum atomic E-state index is 0.237. The summed E-state index contributed by atoms with van der Waals surface area (Å²) in [5.41, 5.74) is 0.828. The molecule has 0 aliphatic carbocycles. The third kappa shape index (κ3) is 3.67. The first kappa shape index (κ1) is 10.2. The van der Waals surface area contributed by atoms with Crippen molar-refractivity contribution in [3.8, 4) is 29.4 Å². The van der Waals surface area contributed by atoms with Gasteiger partial charge in [0.2, 0.25) is 0 Å². The number of ether oxygens (including phenoxy) is 1. The van der Waals surface area contributed by atoms with Gasteiger partial charge in [0, 0.05) is 12.7 Å². The minimum absolute atomic E-state index is 0.237. The quantitative estimate of drug-likeness (QED) is 0.672. The molecule has 1 rings (SSSR count). The van der Waals surface area contributed by atoms with Gasteiger partial charge in [0.1, 0.15) is 12.4 Å². The van der Waals surface area contributed by atoms with Gasteiger partial charge in [0.25, 0.3) is 0 Å². The summed E-state index contributed by atoms with van der Waals surface area (Å²) in [6.07, 6.45) is 0. The number of aromatic hydroxyl groups is 1. The summed E-state index contributed by atoms with van der Waals surface area (Å²) >= 11 is 0. The topological polar surface area (TPSA) is 29.5 Å². The van der Waals surface area contributed by atoms with E-state index in [1.165, 1.54) is 0 Å². The molecule has 2 heteroatoms. The van der Waals surface area contributed by atoms with Crippen LogP contribution in [-0.4, -0.2) is 18.8 Å². The third-order valence-corrected chi connectivity index (χ3v) is 1.44. The normalized spacial score (nSPS) is 8.07. The van der Waals surface area contributed by atoms with E-state index in [9.17, 15) is 0 Å². The SMILES string of the molecule is COCC#CC#Cc1ccc(O)cc1. The molecule has 0 fully saturated rings. The highest BCUT2D eigenvalue weighted by atomic mass is 16.5. The number of phenolic OH excluding ortho intramolecular Hbond substituents is 1. The monoisotopic (exact) mass is 186 g/mol. The number of rotatable bonds is 1. The maximum atomic E-state index is 9.01. The molecule has 1 aromatic carbocycles. The van der Waals surface area contributed by atoms with Crippen molar-refractivity contribution in [3.05, 3.63) is 29.8 Å². The Morgan fingerprint density at radius 3 is 2.57 bits per heavy atom. The second-order valence-electron chi connectivity index (χ2n) is 2.53. The largest absolute Gasteiger partial charge is 0.508 e. The molecule has 14 heavy (non-hydrogen) atoms. The van der Waals surface area contributed by atoms with Crippen LogP contribution in [0.5, 0.6) is 5.75 Å². The molecule has 0 amide bonds. The van der Waals surface area contributed by atoms with E-state index in [1.54, 1.807) is 31.4 Å². The minimum Gasteiger partial charge on any atom is -0.508 e. The molecule has 0 heterocycles. The molecule has 0 saturated heterocycles. The van der Waals surface area contributed by atoms with Gasteiger partial charge < -0.3 is 9.84 Å². The van der Waals surface area contributed by atoms with Crippen LogP contribution >= 0.6 is 0 Å². The van der Waals surface area contributed by atoms with Crippen molar-refractivity contribution < 1.29 is 9.84 Å². The Kier molecular flexibility index (Phi) is 4.14. The Labute approximate surface area is 83.5 Å². The van der Waals surface area contributed by atoms with E-state index in [0.29, 0.717) is 6.61 Å². The van der Waals surface area contributed by atoms with Crippen molar-refractivity contribution >= 4 is 0 Å². The van der Waals surface area contributed by atoms with E-state index < -0.39 is 0 Å². The molecule has 1 aromatic rings. The number of phenols is 1. The Morgan fingerprint density at radius 2 is 1.93 bits per heavy atom. The summed E-state index contributed by atoms with van der Waals surface area (Å²) in [4.78, 5) is 0. The molecule has 0 unspecified atom stereocenters. The standard InChI is InChI=1S/C12H10O2/c1-14-10-4-2-3-5-11-6-8-12(13)9-7-11/h6-9,13H,10H2,1H3. The molecular weight excluding hydrogens is 176 g/mol. The van der Waals surface area contributed by atoms with Crippen LogP contribution in [0.4, 0.5) is 0 Å². The predicted molar refractivity (Wildman–Crippen MR) is 54.6 cm³/mol. The fourth-order valence-corrected chi connectivity index (χ4v) is 0.801. The van der Waals surface area contributed by atoms with Gasteiger partial charge in [0.05, 0.1) is 0 Å². The zero-order valence-electron chi connectivity index (χ0n) is 7.87. The fourth-order valence-electron chi connectivity index (χ4n) is 0.801. The van der Waals surface area contributed by atoms with E-state index in [0.717, 1.165) is 5.56 Å². The summed E-state index contributed by atoms with van der Waals surface area (Å²) < 4.78 is 4.74. The molecule has 0 atom stereocenters. The van der Waals surface area contributed by atoms with Crippen molar-refractivity contribution in [2.45, 2.75) is 0 Å². The third-order valence-electron chi connectivity index (χ3n) is 1.44. The lowest BCUT2D eigenvalue weighted by Gasteiger charge is -1.89. The van der Waals surface area contributed by atoms with Gasteiger partial charge in [-0.05, 0) is 36.1 Å². The first-order chi connectivity index (χ1) is 6.83. The average Bonchev–Trinajstić information content (AvgIpc) is 2.21. The summed E-state index contributed by atoms with van der Waals surface area (Å²) in [5.74, 6) is 11.1. The van der Waals surface area contributed by atoms with Gasteiger partial charge in [0.15, 0.2) is 0 Å². The van der Waals surface area contributed by atoms with Gasteiger partial charge in [-0.3, -0.25) is 0 Å². The van der Waals surface area contributed by atoms with Crippen LogP contribution in [0.25, 0.3) is 0 Å². The molecular formula is C12H10O2. The van der Waals surface area contributed by atoms with Gasteiger partial charge in [-0.15, -0.1) is 0 Å². The van der Waals surface area contributed by atoms with Crippen molar-refractivity contribution in [3.63, 3.8) is 0 Å². The molecule has 0 aromatic heterocycles. The molecule has 0 aliphatic heterocycles. The molecule has 0 bridgehead atoms. The molecule has 0 radical (unpaired) electrons. The maximum absolute atomic E-state index is 9.01. The number of methoxy groups -OCH3 is 1. The molecule has 70 valence electrons. The second kappa shape index (κ2) is 5.70. The number of hydrogen-bond donors (Lipinski definition) is 1. The van der Waals surface area contributed by atoms with Crippen LogP contribution in [0.3, 0.4) is 0 Å². The highest BCUT2D eigenvalue weighted by molar-refractivity contribution is 5.41. The number of hydrogen-bond acceptors (Lipinski definition) is 2. The van der Waals surface area contributed by atoms with Crippen molar-refractivity contribution in [2.75, 3.05) is 13.7 Å². The highest BCUT2D eigenvalue weighted by Gasteiger charge is 1.85. The molecule has 1 N–H and O–H groups in total. The van der Waals surface area contributed by atoms with Gasteiger partial charge in [-0.25, -0.2) is 0 Å². The van der Waals surface area contributed by atoms with Gasteiger partial charge in [-0.2, -0.15) is 0 Å². The van der Waals surface area contributed by atoms with Crippen LogP contribution in [-0.2, 0) is 4.74 Å². The Hall–Kier alpha value is -1.90. The number of benzene rings is 1.